The van der Waals surface area contributed by atoms with E-state index in [2.05, 4.69) is 10.4 Å². The number of carbonyl (C=O) groups excluding carboxylic acids is 1. The molecule has 0 fully saturated rings. The fourth-order valence-corrected chi connectivity index (χ4v) is 4.33. The van der Waals surface area contributed by atoms with E-state index in [0.717, 1.165) is 17.3 Å². The molecule has 0 aliphatic carbocycles. The Bertz CT molecular complexity index is 689. The van der Waals surface area contributed by atoms with Gasteiger partial charge in [-0.05, 0) is 6.07 Å². The Hall–Kier alpha value is -1.87. The van der Waals surface area contributed by atoms with Crippen LogP contribution in [0.5, 0.6) is 0 Å². The van der Waals surface area contributed by atoms with Gasteiger partial charge in [0.2, 0.25) is 0 Å². The van der Waals surface area contributed by atoms with Crippen LogP contribution in [-0.2, 0) is 32.4 Å². The predicted molar refractivity (Wildman–Crippen MR) is 87.6 cm³/mol. The maximum absolute atomic E-state index is 12.0. The highest BCUT2D eigenvalue weighted by molar-refractivity contribution is 8.03. The number of thioether (sulfide) groups is 2. The van der Waals surface area contributed by atoms with Crippen molar-refractivity contribution in [1.29, 1.82) is 0 Å². The minimum atomic E-state index is -1.07. The van der Waals surface area contributed by atoms with E-state index < -0.39 is 11.9 Å². The maximum atomic E-state index is 12.0. The molecule has 9 heteroatoms. The van der Waals surface area contributed by atoms with Crippen LogP contribution in [0.2, 0.25) is 0 Å². The second-order valence-electron chi connectivity index (χ2n) is 5.01. The Kier molecular flexibility index (Phi) is 4.67. The van der Waals surface area contributed by atoms with Crippen LogP contribution in [0.1, 0.15) is 11.4 Å². The Morgan fingerprint density at radius 2 is 2.39 bits per heavy atom. The average molecular weight is 353 g/mol. The summed E-state index contributed by atoms with van der Waals surface area (Å²) < 4.78 is 6.77. The fraction of sp³-hybridized carbons (Fsp3) is 0.357. The van der Waals surface area contributed by atoms with Gasteiger partial charge in [0.05, 0.1) is 24.3 Å². The summed E-state index contributed by atoms with van der Waals surface area (Å²) in [5.41, 5.74) is 2.49. The molecule has 1 atom stereocenters. The van der Waals surface area contributed by atoms with E-state index in [1.165, 1.54) is 36.2 Å². The van der Waals surface area contributed by atoms with Gasteiger partial charge in [-0.1, -0.05) is 0 Å². The maximum Gasteiger partial charge on any atom is 0.352 e. The molecule has 0 aromatic carbocycles. The Morgan fingerprint density at radius 1 is 1.57 bits per heavy atom. The van der Waals surface area contributed by atoms with Gasteiger partial charge in [-0.25, -0.2) is 9.59 Å². The number of rotatable bonds is 4. The third-order valence-corrected chi connectivity index (χ3v) is 5.55. The number of carboxylic acid groups (broad SMARTS) is 1. The Labute approximate surface area is 141 Å². The largest absolute Gasteiger partial charge is 0.477 e. The summed E-state index contributed by atoms with van der Waals surface area (Å²) in [5, 5.41) is 17.5. The smallest absolute Gasteiger partial charge is 0.352 e. The highest BCUT2D eigenvalue weighted by atomic mass is 32.2. The lowest BCUT2D eigenvalue weighted by Crippen LogP contribution is -2.21. The molecule has 1 aromatic heterocycles. The van der Waals surface area contributed by atoms with Gasteiger partial charge < -0.3 is 15.2 Å². The first-order valence-electron chi connectivity index (χ1n) is 6.85. The number of ether oxygens (including phenoxy) is 1. The van der Waals surface area contributed by atoms with Gasteiger partial charge in [0.25, 0.3) is 0 Å². The number of methoxy groups -OCH3 is 1. The molecular formula is C14H15N3O4S2. The van der Waals surface area contributed by atoms with Crippen LogP contribution in [-0.4, -0.2) is 39.2 Å². The molecule has 0 saturated carbocycles. The summed E-state index contributed by atoms with van der Waals surface area (Å²) in [6.45, 7) is 0. The van der Waals surface area contributed by atoms with Gasteiger partial charge in [-0.3, -0.25) is 4.68 Å². The fourth-order valence-electron chi connectivity index (χ4n) is 2.35. The van der Waals surface area contributed by atoms with Crippen molar-refractivity contribution in [2.75, 3.05) is 7.11 Å². The van der Waals surface area contributed by atoms with Crippen molar-refractivity contribution in [3.05, 3.63) is 40.3 Å². The molecule has 2 aliphatic rings. The molecule has 2 N–H and O–H groups in total. The summed E-state index contributed by atoms with van der Waals surface area (Å²) in [5.74, 6) is 0.237. The van der Waals surface area contributed by atoms with Crippen molar-refractivity contribution >= 4 is 35.5 Å². The van der Waals surface area contributed by atoms with Crippen LogP contribution in [0.4, 0.5) is 0 Å². The van der Waals surface area contributed by atoms with E-state index in [9.17, 15) is 9.59 Å². The number of fused-ring (bicyclic) bond motifs is 1. The van der Waals surface area contributed by atoms with Crippen LogP contribution in [0.3, 0.4) is 0 Å². The molecule has 1 unspecified atom stereocenters. The molecule has 0 bridgehead atoms. The molecule has 0 spiro atoms. The number of carboxylic acids is 1. The predicted octanol–water partition coefficient (Wildman–Crippen LogP) is 1.32. The third kappa shape index (κ3) is 3.40. The van der Waals surface area contributed by atoms with E-state index in [1.807, 2.05) is 10.7 Å². The lowest BCUT2D eigenvalue weighted by molar-refractivity contribution is -0.136. The third-order valence-electron chi connectivity index (χ3n) is 3.50. The van der Waals surface area contributed by atoms with Gasteiger partial charge in [0, 0.05) is 34.7 Å². The zero-order valence-corrected chi connectivity index (χ0v) is 13.9. The number of aliphatic carboxylic acids is 1. The van der Waals surface area contributed by atoms with Crippen molar-refractivity contribution in [3.63, 3.8) is 0 Å². The van der Waals surface area contributed by atoms with Crippen LogP contribution in [0.25, 0.3) is 0 Å². The number of nitrogens with one attached hydrogen (secondary N) is 1. The molecule has 122 valence electrons. The number of hydrogen-bond donors (Lipinski definition) is 2. The van der Waals surface area contributed by atoms with Gasteiger partial charge in [-0.15, -0.1) is 23.5 Å². The minimum absolute atomic E-state index is 0.0302. The molecular weight excluding hydrogens is 338 g/mol. The van der Waals surface area contributed by atoms with E-state index in [0.29, 0.717) is 12.0 Å². The van der Waals surface area contributed by atoms with Gasteiger partial charge >= 0.3 is 11.9 Å². The Morgan fingerprint density at radius 3 is 3.09 bits per heavy atom. The molecule has 1 aromatic rings. The summed E-state index contributed by atoms with van der Waals surface area (Å²) in [4.78, 5) is 23.1. The average Bonchev–Trinajstić information content (AvgIpc) is 3.02. The molecule has 2 aliphatic heterocycles. The van der Waals surface area contributed by atoms with Gasteiger partial charge in [0.1, 0.15) is 5.70 Å². The molecule has 3 heterocycles. The summed E-state index contributed by atoms with van der Waals surface area (Å²) in [6, 6.07) is 2.04. The number of hydrogen-bond acceptors (Lipinski definition) is 7. The molecule has 0 amide bonds. The molecule has 23 heavy (non-hydrogen) atoms. The summed E-state index contributed by atoms with van der Waals surface area (Å²) in [7, 11) is 1.31. The first-order valence-corrected chi connectivity index (χ1v) is 8.95. The zero-order valence-electron chi connectivity index (χ0n) is 12.3. The van der Waals surface area contributed by atoms with Gasteiger partial charge in [-0.2, -0.15) is 5.10 Å². The standard InChI is InChI=1S/C14H15N3O4S2/c1-21-14(20)10-4-15-11(13(18)19)6-23-12(10)3-8-2-9-5-22-7-17(9)16-8/h2,4,6,12,15H,3,5,7H2,1H3,(H,18,19). The topological polar surface area (TPSA) is 93.5 Å². The van der Waals surface area contributed by atoms with Crippen molar-refractivity contribution in [2.45, 2.75) is 23.3 Å². The van der Waals surface area contributed by atoms with Crippen molar-refractivity contribution in [1.82, 2.24) is 15.1 Å². The summed E-state index contributed by atoms with van der Waals surface area (Å²) >= 11 is 3.08. The van der Waals surface area contributed by atoms with Crippen LogP contribution in [0, 0.1) is 0 Å². The van der Waals surface area contributed by atoms with Crippen molar-refractivity contribution < 1.29 is 19.4 Å². The first kappa shape index (κ1) is 16.0. The van der Waals surface area contributed by atoms with E-state index >= 15 is 0 Å². The highest BCUT2D eigenvalue weighted by Gasteiger charge is 2.27. The number of esters is 1. The first-order chi connectivity index (χ1) is 11.1. The highest BCUT2D eigenvalue weighted by Crippen LogP contribution is 2.30. The van der Waals surface area contributed by atoms with E-state index in [1.54, 1.807) is 11.8 Å². The molecule has 3 rings (SSSR count). The molecule has 7 nitrogen and oxygen atoms in total. The Balaban J connectivity index is 1.83. The van der Waals surface area contributed by atoms with Crippen molar-refractivity contribution in [2.24, 2.45) is 0 Å². The quantitative estimate of drug-likeness (QED) is 0.783. The number of carbonyl (C=O) groups is 2. The normalized spacial score (nSPS) is 20.0. The lowest BCUT2D eigenvalue weighted by atomic mass is 10.1. The van der Waals surface area contributed by atoms with E-state index in [4.69, 9.17) is 9.84 Å². The van der Waals surface area contributed by atoms with Crippen LogP contribution >= 0.6 is 23.5 Å². The van der Waals surface area contributed by atoms with Crippen LogP contribution in [0.15, 0.2) is 28.9 Å². The zero-order chi connectivity index (χ0) is 16.4. The molecule has 0 radical (unpaired) electrons. The second kappa shape index (κ2) is 6.71. The van der Waals surface area contributed by atoms with Crippen molar-refractivity contribution in [3.8, 4) is 0 Å². The second-order valence-corrected chi connectivity index (χ2v) is 7.04. The monoisotopic (exact) mass is 353 g/mol. The summed E-state index contributed by atoms with van der Waals surface area (Å²) in [6.07, 6.45) is 1.94. The number of aromatic nitrogens is 2. The van der Waals surface area contributed by atoms with E-state index in [-0.39, 0.29) is 10.9 Å². The lowest BCUT2D eigenvalue weighted by Gasteiger charge is -2.14. The number of nitrogens with zero attached hydrogens (tertiary/aromatic N) is 2. The van der Waals surface area contributed by atoms with Gasteiger partial charge in [0.15, 0.2) is 0 Å². The SMILES string of the molecule is COC(=O)C1=CNC(C(=O)O)=CSC1Cc1cc2n(n1)CSC2. The molecule has 0 saturated heterocycles. The minimum Gasteiger partial charge on any atom is -0.477 e. The van der Waals surface area contributed by atoms with Crippen LogP contribution < -0.4 is 5.32 Å².